The van der Waals surface area contributed by atoms with E-state index in [1.54, 1.807) is 31.2 Å². The number of fused-ring (bicyclic) bond motifs is 1. The summed E-state index contributed by atoms with van der Waals surface area (Å²) >= 11 is 3.30. The molecule has 2 aromatic heterocycles. The molecule has 4 aromatic rings. The van der Waals surface area contributed by atoms with Crippen LogP contribution < -0.4 is 5.32 Å². The molecule has 158 valence electrons. The Morgan fingerprint density at radius 3 is 2.39 bits per heavy atom. The van der Waals surface area contributed by atoms with Gasteiger partial charge in [0.2, 0.25) is 0 Å². The van der Waals surface area contributed by atoms with Crippen molar-refractivity contribution < 1.29 is 18.0 Å². The lowest BCUT2D eigenvalue weighted by Crippen LogP contribution is -2.27. The number of alkyl halides is 3. The quantitative estimate of drug-likeness (QED) is 0.402. The first-order valence-corrected chi connectivity index (χ1v) is 10.1. The van der Waals surface area contributed by atoms with Crippen molar-refractivity contribution in [3.8, 4) is 11.3 Å². The second-order valence-corrected chi connectivity index (χ2v) is 7.85. The van der Waals surface area contributed by atoms with E-state index in [0.29, 0.717) is 10.1 Å². The molecule has 2 aromatic carbocycles. The van der Waals surface area contributed by atoms with Crippen molar-refractivity contribution in [1.29, 1.82) is 0 Å². The van der Waals surface area contributed by atoms with Crippen molar-refractivity contribution >= 4 is 27.5 Å². The van der Waals surface area contributed by atoms with Crippen molar-refractivity contribution in [1.82, 2.24) is 19.9 Å². The molecule has 0 bridgehead atoms. The predicted octanol–water partition coefficient (Wildman–Crippen LogP) is 5.67. The van der Waals surface area contributed by atoms with Gasteiger partial charge in [0.1, 0.15) is 0 Å². The van der Waals surface area contributed by atoms with Crippen LogP contribution in [0.4, 0.5) is 13.2 Å². The van der Waals surface area contributed by atoms with E-state index in [4.69, 9.17) is 0 Å². The van der Waals surface area contributed by atoms with E-state index in [0.717, 1.165) is 16.1 Å². The van der Waals surface area contributed by atoms with Crippen LogP contribution in [-0.2, 0) is 6.18 Å². The first-order chi connectivity index (χ1) is 14.7. The molecule has 0 aliphatic heterocycles. The highest BCUT2D eigenvalue weighted by atomic mass is 79.9. The molecule has 0 fully saturated rings. The van der Waals surface area contributed by atoms with Crippen molar-refractivity contribution in [2.45, 2.75) is 19.1 Å². The lowest BCUT2D eigenvalue weighted by molar-refractivity contribution is -0.142. The van der Waals surface area contributed by atoms with Crippen LogP contribution in [0.15, 0.2) is 71.2 Å². The fourth-order valence-corrected chi connectivity index (χ4v) is 3.42. The lowest BCUT2D eigenvalue weighted by Gasteiger charge is -2.13. The number of halogens is 4. The molecule has 2 heterocycles. The molecule has 4 rings (SSSR count). The van der Waals surface area contributed by atoms with Crippen LogP contribution in [0.25, 0.3) is 16.9 Å². The minimum absolute atomic E-state index is 0.0646. The van der Waals surface area contributed by atoms with Gasteiger partial charge in [-0.2, -0.15) is 18.3 Å². The van der Waals surface area contributed by atoms with Gasteiger partial charge in [-0.05, 0) is 30.7 Å². The van der Waals surface area contributed by atoms with Crippen molar-refractivity contribution in [3.63, 3.8) is 0 Å². The summed E-state index contributed by atoms with van der Waals surface area (Å²) in [6.07, 6.45) is -4.68. The van der Waals surface area contributed by atoms with Gasteiger partial charge in [0, 0.05) is 16.1 Å². The van der Waals surface area contributed by atoms with Crippen LogP contribution in [0, 0.1) is 0 Å². The van der Waals surface area contributed by atoms with E-state index < -0.39 is 17.8 Å². The number of aromatic nitrogens is 3. The number of carbonyl (C=O) groups is 1. The highest BCUT2D eigenvalue weighted by Gasteiger charge is 2.35. The SMILES string of the molecule is CC(NC(=O)c1cc2nc(-c3ccc(Br)cc3)cc(C(F)(F)F)n2n1)c1ccccc1. The molecule has 1 amide bonds. The molecule has 5 nitrogen and oxygen atoms in total. The highest BCUT2D eigenvalue weighted by molar-refractivity contribution is 9.10. The van der Waals surface area contributed by atoms with Gasteiger partial charge in [-0.15, -0.1) is 0 Å². The minimum atomic E-state index is -4.68. The summed E-state index contributed by atoms with van der Waals surface area (Å²) in [5.41, 5.74) is 0.300. The molecule has 1 N–H and O–H groups in total. The average molecular weight is 489 g/mol. The van der Waals surface area contributed by atoms with Gasteiger partial charge in [0.25, 0.3) is 5.91 Å². The van der Waals surface area contributed by atoms with Crippen LogP contribution in [0.2, 0.25) is 0 Å². The zero-order chi connectivity index (χ0) is 22.2. The van der Waals surface area contributed by atoms with Gasteiger partial charge in [-0.3, -0.25) is 4.79 Å². The van der Waals surface area contributed by atoms with Gasteiger partial charge in [-0.1, -0.05) is 58.4 Å². The zero-order valence-electron chi connectivity index (χ0n) is 16.2. The molecular formula is C22H16BrF3N4O. The van der Waals surface area contributed by atoms with Crippen molar-refractivity contribution in [3.05, 3.63) is 88.2 Å². The molecule has 0 aliphatic rings. The van der Waals surface area contributed by atoms with E-state index >= 15 is 0 Å². The van der Waals surface area contributed by atoms with Gasteiger partial charge in [-0.25, -0.2) is 9.50 Å². The molecule has 0 radical (unpaired) electrons. The van der Waals surface area contributed by atoms with E-state index in [1.807, 2.05) is 30.3 Å². The molecular weight excluding hydrogens is 473 g/mol. The largest absolute Gasteiger partial charge is 0.433 e. The van der Waals surface area contributed by atoms with Gasteiger partial charge < -0.3 is 5.32 Å². The molecule has 0 spiro atoms. The molecule has 0 saturated carbocycles. The van der Waals surface area contributed by atoms with Crippen LogP contribution in [0.1, 0.15) is 34.7 Å². The first-order valence-electron chi connectivity index (χ1n) is 9.32. The second-order valence-electron chi connectivity index (χ2n) is 6.94. The van der Waals surface area contributed by atoms with Crippen LogP contribution in [0.5, 0.6) is 0 Å². The summed E-state index contributed by atoms with van der Waals surface area (Å²) in [5, 5.41) is 6.64. The summed E-state index contributed by atoms with van der Waals surface area (Å²) in [6.45, 7) is 1.79. The Balaban J connectivity index is 1.73. The smallest absolute Gasteiger partial charge is 0.344 e. The average Bonchev–Trinajstić information content (AvgIpc) is 3.17. The van der Waals surface area contributed by atoms with Crippen molar-refractivity contribution in [2.24, 2.45) is 0 Å². The maximum absolute atomic E-state index is 13.7. The Kier molecular flexibility index (Phi) is 5.53. The van der Waals surface area contributed by atoms with Crippen LogP contribution in [0.3, 0.4) is 0 Å². The van der Waals surface area contributed by atoms with Crippen molar-refractivity contribution in [2.75, 3.05) is 0 Å². The molecule has 9 heteroatoms. The Morgan fingerprint density at radius 2 is 1.74 bits per heavy atom. The number of amides is 1. The van der Waals surface area contributed by atoms with Crippen LogP contribution in [-0.4, -0.2) is 20.5 Å². The summed E-state index contributed by atoms with van der Waals surface area (Å²) < 4.78 is 42.6. The number of carbonyl (C=O) groups excluding carboxylic acids is 1. The molecule has 0 aliphatic carbocycles. The zero-order valence-corrected chi connectivity index (χ0v) is 17.8. The number of hydrogen-bond donors (Lipinski definition) is 1. The van der Waals surface area contributed by atoms with E-state index in [9.17, 15) is 18.0 Å². The number of nitrogens with one attached hydrogen (secondary N) is 1. The van der Waals surface area contributed by atoms with Crippen LogP contribution >= 0.6 is 15.9 Å². The number of rotatable bonds is 4. The van der Waals surface area contributed by atoms with Gasteiger partial charge in [0.15, 0.2) is 17.0 Å². The van der Waals surface area contributed by atoms with E-state index in [2.05, 4.69) is 31.3 Å². The Labute approximate surface area is 184 Å². The fourth-order valence-electron chi connectivity index (χ4n) is 3.15. The first kappa shape index (κ1) is 21.0. The van der Waals surface area contributed by atoms with Gasteiger partial charge >= 0.3 is 6.18 Å². The summed E-state index contributed by atoms with van der Waals surface area (Å²) in [5.74, 6) is -0.583. The summed E-state index contributed by atoms with van der Waals surface area (Å²) in [6, 6.07) is 17.8. The third-order valence-corrected chi connectivity index (χ3v) is 5.27. The lowest BCUT2D eigenvalue weighted by atomic mass is 10.1. The highest BCUT2D eigenvalue weighted by Crippen LogP contribution is 2.32. The monoisotopic (exact) mass is 488 g/mol. The molecule has 1 unspecified atom stereocenters. The normalized spacial score (nSPS) is 12.7. The fraction of sp³-hybridized carbons (Fsp3) is 0.136. The summed E-state index contributed by atoms with van der Waals surface area (Å²) in [7, 11) is 0. The molecule has 0 saturated heterocycles. The Hall–Kier alpha value is -3.20. The van der Waals surface area contributed by atoms with E-state index in [-0.39, 0.29) is 23.1 Å². The summed E-state index contributed by atoms with van der Waals surface area (Å²) in [4.78, 5) is 16.9. The second kappa shape index (κ2) is 8.14. The maximum Gasteiger partial charge on any atom is 0.433 e. The molecule has 1 atom stereocenters. The standard InChI is InChI=1S/C22H16BrF3N4O/c1-13(14-5-3-2-4-6-14)27-21(31)18-12-20-28-17(15-7-9-16(23)10-8-15)11-19(22(24,25)26)30(20)29-18/h2-13H,1H3,(H,27,31). The number of nitrogens with zero attached hydrogens (tertiary/aromatic N) is 3. The van der Waals surface area contributed by atoms with E-state index in [1.165, 1.54) is 6.07 Å². The minimum Gasteiger partial charge on any atom is -0.344 e. The number of hydrogen-bond acceptors (Lipinski definition) is 3. The maximum atomic E-state index is 13.7. The molecule has 31 heavy (non-hydrogen) atoms. The predicted molar refractivity (Wildman–Crippen MR) is 113 cm³/mol. The topological polar surface area (TPSA) is 59.3 Å². The third-order valence-electron chi connectivity index (χ3n) is 4.74. The third kappa shape index (κ3) is 4.46. The Bertz CT molecular complexity index is 1240. The Morgan fingerprint density at radius 1 is 1.06 bits per heavy atom. The van der Waals surface area contributed by atoms with Gasteiger partial charge in [0.05, 0.1) is 11.7 Å². The number of benzene rings is 2.